The van der Waals surface area contributed by atoms with E-state index in [1.165, 1.54) is 0 Å². The van der Waals surface area contributed by atoms with Gasteiger partial charge in [0.25, 0.3) is 5.91 Å². The first-order valence-corrected chi connectivity index (χ1v) is 7.47. The summed E-state index contributed by atoms with van der Waals surface area (Å²) in [6.07, 6.45) is 0.649. The number of carbonyl (C=O) groups is 1. The van der Waals surface area contributed by atoms with Crippen LogP contribution in [0, 0.1) is 0 Å². The largest absolute Gasteiger partial charge is 0.355 e. The Kier molecular flexibility index (Phi) is 4.05. The molecular formula is C16H13Cl2N3O. The number of hydrogen-bond donors (Lipinski definition) is 2. The van der Waals surface area contributed by atoms with Crippen LogP contribution in [0.3, 0.4) is 0 Å². The van der Waals surface area contributed by atoms with Crippen molar-refractivity contribution in [2.75, 3.05) is 12.4 Å². The standard InChI is InChI=1S/C16H13Cl2N3O/c1-19-16(22)9-3-2-4-11(5-9)20-15-7-10-6-12(17)13(18)8-14(10)21-15/h2-6,8H,7H2,1H3,(H,19,22)(H,20,21). The second-order valence-corrected chi connectivity index (χ2v) is 5.73. The first-order chi connectivity index (χ1) is 10.6. The van der Waals surface area contributed by atoms with Gasteiger partial charge in [-0.3, -0.25) is 4.79 Å². The highest BCUT2D eigenvalue weighted by Gasteiger charge is 2.17. The van der Waals surface area contributed by atoms with Crippen LogP contribution in [-0.2, 0) is 6.42 Å². The lowest BCUT2D eigenvalue weighted by molar-refractivity contribution is 0.0963. The first kappa shape index (κ1) is 14.9. The van der Waals surface area contributed by atoms with Crippen molar-refractivity contribution in [2.45, 2.75) is 6.42 Å². The van der Waals surface area contributed by atoms with Crippen molar-refractivity contribution in [3.8, 4) is 0 Å². The van der Waals surface area contributed by atoms with Crippen LogP contribution < -0.4 is 10.6 Å². The van der Waals surface area contributed by atoms with Crippen LogP contribution in [0.1, 0.15) is 15.9 Å². The fourth-order valence-corrected chi connectivity index (χ4v) is 2.65. The van der Waals surface area contributed by atoms with Crippen molar-refractivity contribution in [3.05, 3.63) is 57.6 Å². The average Bonchev–Trinajstić information content (AvgIpc) is 2.88. The molecule has 1 amide bonds. The van der Waals surface area contributed by atoms with E-state index in [4.69, 9.17) is 23.2 Å². The number of benzene rings is 2. The van der Waals surface area contributed by atoms with Gasteiger partial charge in [-0.2, -0.15) is 0 Å². The molecule has 0 saturated heterocycles. The van der Waals surface area contributed by atoms with Gasteiger partial charge in [0, 0.05) is 24.7 Å². The second kappa shape index (κ2) is 5.99. The van der Waals surface area contributed by atoms with Crippen LogP contribution in [-0.4, -0.2) is 18.8 Å². The summed E-state index contributed by atoms with van der Waals surface area (Å²) in [5, 5.41) is 6.85. The van der Waals surface area contributed by atoms with Crippen molar-refractivity contribution in [1.29, 1.82) is 0 Å². The van der Waals surface area contributed by atoms with Crippen molar-refractivity contribution >= 4 is 46.3 Å². The molecule has 112 valence electrons. The molecule has 1 aliphatic heterocycles. The van der Waals surface area contributed by atoms with Crippen molar-refractivity contribution < 1.29 is 4.79 Å². The molecule has 0 fully saturated rings. The minimum absolute atomic E-state index is 0.126. The van der Waals surface area contributed by atoms with Gasteiger partial charge in [0.05, 0.1) is 15.7 Å². The Labute approximate surface area is 138 Å². The normalized spacial score (nSPS) is 12.6. The molecule has 0 bridgehead atoms. The maximum Gasteiger partial charge on any atom is 0.251 e. The Bertz CT molecular complexity index is 787. The molecule has 4 nitrogen and oxygen atoms in total. The number of carbonyl (C=O) groups excluding carboxylic acids is 1. The highest BCUT2D eigenvalue weighted by Crippen LogP contribution is 2.34. The summed E-state index contributed by atoms with van der Waals surface area (Å²) in [6, 6.07) is 10.8. The van der Waals surface area contributed by atoms with E-state index in [0.717, 1.165) is 22.8 Å². The number of fused-ring (bicyclic) bond motifs is 1. The molecule has 2 N–H and O–H groups in total. The fraction of sp³-hybridized carbons (Fsp3) is 0.125. The van der Waals surface area contributed by atoms with Gasteiger partial charge < -0.3 is 10.6 Å². The quantitative estimate of drug-likeness (QED) is 0.870. The molecule has 0 aromatic heterocycles. The molecule has 1 aliphatic rings. The number of rotatable bonds is 2. The Morgan fingerprint density at radius 3 is 2.73 bits per heavy atom. The topological polar surface area (TPSA) is 53.5 Å². The molecule has 6 heteroatoms. The number of amidine groups is 1. The molecule has 1 heterocycles. The summed E-state index contributed by atoms with van der Waals surface area (Å²) >= 11 is 12.0. The molecule has 2 aromatic carbocycles. The average molecular weight is 334 g/mol. The third kappa shape index (κ3) is 2.93. The molecule has 0 spiro atoms. The Hall–Kier alpha value is -2.04. The molecule has 2 aromatic rings. The Morgan fingerprint density at radius 2 is 1.95 bits per heavy atom. The highest BCUT2D eigenvalue weighted by atomic mass is 35.5. The van der Waals surface area contributed by atoms with Gasteiger partial charge in [0.2, 0.25) is 0 Å². The number of anilines is 1. The van der Waals surface area contributed by atoms with Crippen LogP contribution in [0.15, 0.2) is 41.4 Å². The first-order valence-electron chi connectivity index (χ1n) is 6.71. The summed E-state index contributed by atoms with van der Waals surface area (Å²) in [6.45, 7) is 0. The summed E-state index contributed by atoms with van der Waals surface area (Å²) in [7, 11) is 1.60. The Morgan fingerprint density at radius 1 is 1.18 bits per heavy atom. The van der Waals surface area contributed by atoms with E-state index in [2.05, 4.69) is 15.6 Å². The predicted molar refractivity (Wildman–Crippen MR) is 90.7 cm³/mol. The third-order valence-electron chi connectivity index (χ3n) is 3.38. The van der Waals surface area contributed by atoms with E-state index in [-0.39, 0.29) is 5.91 Å². The van der Waals surface area contributed by atoms with E-state index >= 15 is 0 Å². The second-order valence-electron chi connectivity index (χ2n) is 4.92. The van der Waals surface area contributed by atoms with Gasteiger partial charge in [-0.25, -0.2) is 4.99 Å². The van der Waals surface area contributed by atoms with Gasteiger partial charge in [-0.15, -0.1) is 0 Å². The van der Waals surface area contributed by atoms with Crippen LogP contribution >= 0.6 is 23.2 Å². The number of nitrogens with zero attached hydrogens (tertiary/aromatic N) is 1. The van der Waals surface area contributed by atoms with Gasteiger partial charge in [0.15, 0.2) is 0 Å². The smallest absolute Gasteiger partial charge is 0.251 e. The van der Waals surface area contributed by atoms with Gasteiger partial charge >= 0.3 is 0 Å². The highest BCUT2D eigenvalue weighted by molar-refractivity contribution is 6.42. The number of nitrogens with one attached hydrogen (secondary N) is 2. The minimum Gasteiger partial charge on any atom is -0.355 e. The zero-order valence-corrected chi connectivity index (χ0v) is 13.3. The third-order valence-corrected chi connectivity index (χ3v) is 4.10. The molecule has 0 aliphatic carbocycles. The lowest BCUT2D eigenvalue weighted by Crippen LogP contribution is -2.18. The lowest BCUT2D eigenvalue weighted by Gasteiger charge is -2.07. The molecule has 0 saturated carbocycles. The van der Waals surface area contributed by atoms with E-state index in [1.807, 2.05) is 18.2 Å². The molecule has 0 unspecified atom stereocenters. The predicted octanol–water partition coefficient (Wildman–Crippen LogP) is 4.05. The molecule has 3 rings (SSSR count). The number of hydrogen-bond acceptors (Lipinski definition) is 3. The molecule has 22 heavy (non-hydrogen) atoms. The van der Waals surface area contributed by atoms with Crippen molar-refractivity contribution in [1.82, 2.24) is 5.32 Å². The number of aliphatic imine (C=N–C) groups is 1. The Balaban J connectivity index is 1.81. The SMILES string of the molecule is CNC(=O)c1cccc(NC2=Nc3cc(Cl)c(Cl)cc3C2)c1. The maximum atomic E-state index is 11.7. The zero-order valence-electron chi connectivity index (χ0n) is 11.8. The van der Waals surface area contributed by atoms with E-state index in [9.17, 15) is 4.79 Å². The van der Waals surface area contributed by atoms with E-state index < -0.39 is 0 Å². The van der Waals surface area contributed by atoms with Gasteiger partial charge in [0.1, 0.15) is 5.84 Å². The van der Waals surface area contributed by atoms with Gasteiger partial charge in [-0.1, -0.05) is 29.3 Å². The number of halogens is 2. The van der Waals surface area contributed by atoms with Crippen LogP contribution in [0.25, 0.3) is 0 Å². The summed E-state index contributed by atoms with van der Waals surface area (Å²) in [4.78, 5) is 16.2. The van der Waals surface area contributed by atoms with E-state index in [1.54, 1.807) is 25.2 Å². The lowest BCUT2D eigenvalue weighted by atomic mass is 10.1. The minimum atomic E-state index is -0.126. The summed E-state index contributed by atoms with van der Waals surface area (Å²) < 4.78 is 0. The summed E-state index contributed by atoms with van der Waals surface area (Å²) in [5.41, 5.74) is 3.25. The fourth-order valence-electron chi connectivity index (χ4n) is 2.31. The monoisotopic (exact) mass is 333 g/mol. The van der Waals surface area contributed by atoms with Crippen LogP contribution in [0.5, 0.6) is 0 Å². The molecule has 0 atom stereocenters. The molecular weight excluding hydrogens is 321 g/mol. The number of amides is 1. The molecule has 0 radical (unpaired) electrons. The van der Waals surface area contributed by atoms with Gasteiger partial charge in [-0.05, 0) is 35.9 Å². The zero-order chi connectivity index (χ0) is 15.7. The summed E-state index contributed by atoms with van der Waals surface area (Å²) in [5.74, 6) is 0.668. The van der Waals surface area contributed by atoms with Crippen molar-refractivity contribution in [2.24, 2.45) is 4.99 Å². The van der Waals surface area contributed by atoms with Crippen molar-refractivity contribution in [3.63, 3.8) is 0 Å². The maximum absolute atomic E-state index is 11.7. The van der Waals surface area contributed by atoms with Crippen LogP contribution in [0.2, 0.25) is 10.0 Å². The van der Waals surface area contributed by atoms with Crippen LogP contribution in [0.4, 0.5) is 11.4 Å². The van der Waals surface area contributed by atoms with E-state index in [0.29, 0.717) is 22.0 Å².